The summed E-state index contributed by atoms with van der Waals surface area (Å²) in [5, 5.41) is 15.2. The lowest BCUT2D eigenvalue weighted by Crippen LogP contribution is -2.28. The van der Waals surface area contributed by atoms with Crippen molar-refractivity contribution in [2.24, 2.45) is 0 Å². The molecule has 3 aromatic rings. The molecule has 1 aromatic heterocycles. The number of aromatic nitrogens is 1. The molecule has 0 radical (unpaired) electrons. The molecule has 0 bridgehead atoms. The summed E-state index contributed by atoms with van der Waals surface area (Å²) in [6, 6.07) is 17.6. The highest BCUT2D eigenvalue weighted by molar-refractivity contribution is 6.00. The highest BCUT2D eigenvalue weighted by Crippen LogP contribution is 2.25. The Morgan fingerprint density at radius 1 is 1.00 bits per heavy atom. The monoisotopic (exact) mass is 403 g/mol. The molecule has 6 heteroatoms. The SMILES string of the molecule is CCc1cccc(-c2cnc(C(=O)O)c(NC(=O)CNCc3cccc(C)c3)c2)c1. The van der Waals surface area contributed by atoms with Crippen molar-refractivity contribution in [3.8, 4) is 11.1 Å². The van der Waals surface area contributed by atoms with Crippen molar-refractivity contribution in [2.45, 2.75) is 26.8 Å². The first-order chi connectivity index (χ1) is 14.5. The van der Waals surface area contributed by atoms with E-state index in [2.05, 4.69) is 22.5 Å². The van der Waals surface area contributed by atoms with E-state index in [-0.39, 0.29) is 23.8 Å². The van der Waals surface area contributed by atoms with E-state index in [1.165, 1.54) is 11.8 Å². The first kappa shape index (κ1) is 21.2. The summed E-state index contributed by atoms with van der Waals surface area (Å²) < 4.78 is 0. The highest BCUT2D eigenvalue weighted by Gasteiger charge is 2.16. The zero-order valence-corrected chi connectivity index (χ0v) is 17.1. The summed E-state index contributed by atoms with van der Waals surface area (Å²) in [5.74, 6) is -1.52. The summed E-state index contributed by atoms with van der Waals surface area (Å²) in [6.07, 6.45) is 2.41. The number of anilines is 1. The predicted octanol–water partition coefficient (Wildman–Crippen LogP) is 4.05. The Hall–Kier alpha value is -3.51. The second-order valence-electron chi connectivity index (χ2n) is 7.12. The summed E-state index contributed by atoms with van der Waals surface area (Å²) in [7, 11) is 0. The van der Waals surface area contributed by atoms with E-state index in [0.29, 0.717) is 6.54 Å². The molecule has 0 aliphatic rings. The average molecular weight is 403 g/mol. The molecule has 0 fully saturated rings. The number of hydrogen-bond acceptors (Lipinski definition) is 4. The molecule has 0 aliphatic carbocycles. The van der Waals surface area contributed by atoms with Gasteiger partial charge in [-0.2, -0.15) is 0 Å². The number of carboxylic acids is 1. The molecule has 3 rings (SSSR count). The van der Waals surface area contributed by atoms with Gasteiger partial charge in [-0.05, 0) is 36.1 Å². The summed E-state index contributed by atoms with van der Waals surface area (Å²) in [6.45, 7) is 4.69. The van der Waals surface area contributed by atoms with Gasteiger partial charge < -0.3 is 15.7 Å². The van der Waals surface area contributed by atoms with Crippen LogP contribution in [-0.2, 0) is 17.8 Å². The first-order valence-corrected chi connectivity index (χ1v) is 9.85. The van der Waals surface area contributed by atoms with Crippen LogP contribution in [0.15, 0.2) is 60.8 Å². The van der Waals surface area contributed by atoms with Gasteiger partial charge in [0.1, 0.15) is 0 Å². The fourth-order valence-electron chi connectivity index (χ4n) is 3.20. The van der Waals surface area contributed by atoms with Crippen molar-refractivity contribution in [2.75, 3.05) is 11.9 Å². The summed E-state index contributed by atoms with van der Waals surface area (Å²) in [5.41, 5.74) is 5.07. The van der Waals surface area contributed by atoms with Crippen LogP contribution >= 0.6 is 0 Å². The standard InChI is InChI=1S/C24H25N3O3/c1-3-17-7-5-9-19(11-17)20-12-21(23(24(29)30)26-14-20)27-22(28)15-25-13-18-8-4-6-16(2)10-18/h4-12,14,25H,3,13,15H2,1-2H3,(H,27,28)(H,29,30). The number of carbonyl (C=O) groups is 2. The molecule has 1 amide bonds. The van der Waals surface area contributed by atoms with Crippen LogP contribution in [-0.4, -0.2) is 28.5 Å². The molecular formula is C24H25N3O3. The normalized spacial score (nSPS) is 10.6. The molecule has 3 N–H and O–H groups in total. The fraction of sp³-hybridized carbons (Fsp3) is 0.208. The Labute approximate surface area is 176 Å². The van der Waals surface area contributed by atoms with Gasteiger partial charge in [0.15, 0.2) is 5.69 Å². The van der Waals surface area contributed by atoms with Gasteiger partial charge in [0, 0.05) is 18.3 Å². The lowest BCUT2D eigenvalue weighted by molar-refractivity contribution is -0.115. The van der Waals surface area contributed by atoms with E-state index >= 15 is 0 Å². The van der Waals surface area contributed by atoms with Gasteiger partial charge in [-0.15, -0.1) is 0 Å². The maximum absolute atomic E-state index is 12.4. The van der Waals surface area contributed by atoms with Crippen molar-refractivity contribution >= 4 is 17.6 Å². The second-order valence-corrected chi connectivity index (χ2v) is 7.12. The van der Waals surface area contributed by atoms with Gasteiger partial charge in [0.05, 0.1) is 12.2 Å². The fourth-order valence-corrected chi connectivity index (χ4v) is 3.20. The maximum atomic E-state index is 12.4. The smallest absolute Gasteiger partial charge is 0.356 e. The van der Waals surface area contributed by atoms with Crippen molar-refractivity contribution in [3.05, 3.63) is 83.2 Å². The van der Waals surface area contributed by atoms with Crippen LogP contribution in [0.1, 0.15) is 34.1 Å². The number of nitrogens with one attached hydrogen (secondary N) is 2. The van der Waals surface area contributed by atoms with Gasteiger partial charge in [0.2, 0.25) is 5.91 Å². The lowest BCUT2D eigenvalue weighted by Gasteiger charge is -2.11. The van der Waals surface area contributed by atoms with E-state index in [1.807, 2.05) is 55.5 Å². The molecule has 154 valence electrons. The maximum Gasteiger partial charge on any atom is 0.356 e. The second kappa shape index (κ2) is 9.80. The van der Waals surface area contributed by atoms with Crippen molar-refractivity contribution in [1.29, 1.82) is 0 Å². The number of pyridine rings is 1. The number of aryl methyl sites for hydroxylation is 2. The quantitative estimate of drug-likeness (QED) is 0.528. The van der Waals surface area contributed by atoms with Crippen molar-refractivity contribution < 1.29 is 14.7 Å². The van der Waals surface area contributed by atoms with Crippen LogP contribution in [0.4, 0.5) is 5.69 Å². The highest BCUT2D eigenvalue weighted by atomic mass is 16.4. The van der Waals surface area contributed by atoms with Crippen LogP contribution in [0.2, 0.25) is 0 Å². The number of carboxylic acid groups (broad SMARTS) is 1. The molecule has 0 unspecified atom stereocenters. The van der Waals surface area contributed by atoms with Gasteiger partial charge in [0.25, 0.3) is 0 Å². The molecule has 30 heavy (non-hydrogen) atoms. The Morgan fingerprint density at radius 2 is 1.77 bits per heavy atom. The van der Waals surface area contributed by atoms with Crippen molar-refractivity contribution in [1.82, 2.24) is 10.3 Å². The molecular weight excluding hydrogens is 378 g/mol. The molecule has 0 saturated carbocycles. The topological polar surface area (TPSA) is 91.3 Å². The number of aromatic carboxylic acids is 1. The van der Waals surface area contributed by atoms with Crippen LogP contribution < -0.4 is 10.6 Å². The molecule has 1 heterocycles. The molecule has 0 aliphatic heterocycles. The summed E-state index contributed by atoms with van der Waals surface area (Å²) in [4.78, 5) is 28.0. The number of rotatable bonds is 8. The largest absolute Gasteiger partial charge is 0.476 e. The third kappa shape index (κ3) is 5.52. The van der Waals surface area contributed by atoms with Crippen LogP contribution in [0.5, 0.6) is 0 Å². The van der Waals surface area contributed by atoms with Gasteiger partial charge in [-0.3, -0.25) is 4.79 Å². The minimum atomic E-state index is -1.19. The molecule has 0 saturated heterocycles. The zero-order valence-electron chi connectivity index (χ0n) is 17.1. The Morgan fingerprint density at radius 3 is 2.50 bits per heavy atom. The first-order valence-electron chi connectivity index (χ1n) is 9.85. The van der Waals surface area contributed by atoms with Gasteiger partial charge in [-0.25, -0.2) is 9.78 Å². The zero-order chi connectivity index (χ0) is 21.5. The van der Waals surface area contributed by atoms with E-state index in [4.69, 9.17) is 0 Å². The van der Waals surface area contributed by atoms with Gasteiger partial charge in [-0.1, -0.05) is 61.0 Å². The van der Waals surface area contributed by atoms with E-state index in [0.717, 1.165) is 28.7 Å². The average Bonchev–Trinajstić information content (AvgIpc) is 2.73. The minimum absolute atomic E-state index is 0.0581. The Balaban J connectivity index is 1.72. The number of nitrogens with zero attached hydrogens (tertiary/aromatic N) is 1. The molecule has 0 atom stereocenters. The summed E-state index contributed by atoms with van der Waals surface area (Å²) >= 11 is 0. The Kier molecular flexibility index (Phi) is 6.93. The predicted molar refractivity (Wildman–Crippen MR) is 118 cm³/mol. The third-order valence-corrected chi connectivity index (χ3v) is 4.73. The molecule has 2 aromatic carbocycles. The Bertz CT molecular complexity index is 1060. The van der Waals surface area contributed by atoms with Crippen molar-refractivity contribution in [3.63, 3.8) is 0 Å². The van der Waals surface area contributed by atoms with Crippen LogP contribution in [0.3, 0.4) is 0 Å². The van der Waals surface area contributed by atoms with E-state index < -0.39 is 5.97 Å². The minimum Gasteiger partial charge on any atom is -0.476 e. The molecule has 0 spiro atoms. The van der Waals surface area contributed by atoms with Crippen LogP contribution in [0.25, 0.3) is 11.1 Å². The number of carbonyl (C=O) groups excluding carboxylic acids is 1. The molecule has 6 nitrogen and oxygen atoms in total. The van der Waals surface area contributed by atoms with Crippen LogP contribution in [0, 0.1) is 6.92 Å². The lowest BCUT2D eigenvalue weighted by atomic mass is 10.0. The number of amides is 1. The number of hydrogen-bond donors (Lipinski definition) is 3. The van der Waals surface area contributed by atoms with Gasteiger partial charge >= 0.3 is 5.97 Å². The van der Waals surface area contributed by atoms with E-state index in [9.17, 15) is 14.7 Å². The third-order valence-electron chi connectivity index (χ3n) is 4.73. The number of benzene rings is 2. The van der Waals surface area contributed by atoms with E-state index in [1.54, 1.807) is 6.07 Å².